The molecule has 0 amide bonds. The van der Waals surface area contributed by atoms with Crippen LogP contribution in [-0.2, 0) is 6.42 Å². The molecule has 1 aromatic heterocycles. The maximum Gasteiger partial charge on any atom is 0.105 e. The number of rotatable bonds is 8. The second-order valence-electron chi connectivity index (χ2n) is 3.36. The predicted octanol–water partition coefficient (Wildman–Crippen LogP) is 1.57. The van der Waals surface area contributed by atoms with Gasteiger partial charge in [-0.15, -0.1) is 0 Å². The van der Waals surface area contributed by atoms with Gasteiger partial charge in [0.15, 0.2) is 0 Å². The summed E-state index contributed by atoms with van der Waals surface area (Å²) < 4.78 is 5.21. The van der Waals surface area contributed by atoms with Gasteiger partial charge in [0, 0.05) is 19.6 Å². The van der Waals surface area contributed by atoms with Crippen molar-refractivity contribution >= 4 is 0 Å². The minimum Gasteiger partial charge on any atom is -0.469 e. The van der Waals surface area contributed by atoms with Gasteiger partial charge in [0.2, 0.25) is 0 Å². The molecule has 0 aromatic carbocycles. The Labute approximate surface area is 85.1 Å². The van der Waals surface area contributed by atoms with Gasteiger partial charge in [-0.3, -0.25) is 0 Å². The van der Waals surface area contributed by atoms with Crippen molar-refractivity contribution in [2.45, 2.75) is 25.7 Å². The molecule has 0 bridgehead atoms. The van der Waals surface area contributed by atoms with Crippen molar-refractivity contribution in [3.63, 3.8) is 0 Å². The lowest BCUT2D eigenvalue weighted by atomic mass is 10.2. The van der Waals surface area contributed by atoms with Crippen LogP contribution >= 0.6 is 0 Å². The Kier molecular flexibility index (Phi) is 6.11. The molecule has 1 heterocycles. The van der Waals surface area contributed by atoms with E-state index in [0.29, 0.717) is 6.61 Å². The molecule has 0 aliphatic rings. The SMILES string of the molecule is OCCCCCNCCc1ccco1. The van der Waals surface area contributed by atoms with E-state index in [-0.39, 0.29) is 0 Å². The summed E-state index contributed by atoms with van der Waals surface area (Å²) in [6.07, 6.45) is 5.81. The number of hydrogen-bond acceptors (Lipinski definition) is 3. The lowest BCUT2D eigenvalue weighted by Crippen LogP contribution is -2.18. The summed E-state index contributed by atoms with van der Waals surface area (Å²) in [5.74, 6) is 1.04. The molecule has 0 radical (unpaired) electrons. The Balaban J connectivity index is 1.85. The molecule has 3 heteroatoms. The molecule has 2 N–H and O–H groups in total. The van der Waals surface area contributed by atoms with Crippen molar-refractivity contribution in [2.24, 2.45) is 0 Å². The fourth-order valence-corrected chi connectivity index (χ4v) is 1.33. The van der Waals surface area contributed by atoms with Crippen molar-refractivity contribution < 1.29 is 9.52 Å². The van der Waals surface area contributed by atoms with Crippen molar-refractivity contribution in [2.75, 3.05) is 19.7 Å². The van der Waals surface area contributed by atoms with Gasteiger partial charge in [0.1, 0.15) is 5.76 Å². The van der Waals surface area contributed by atoms with Crippen molar-refractivity contribution in [1.82, 2.24) is 5.32 Å². The van der Waals surface area contributed by atoms with Gasteiger partial charge in [-0.25, -0.2) is 0 Å². The summed E-state index contributed by atoms with van der Waals surface area (Å²) in [6, 6.07) is 3.91. The second-order valence-corrected chi connectivity index (χ2v) is 3.36. The average Bonchev–Trinajstić information content (AvgIpc) is 2.69. The highest BCUT2D eigenvalue weighted by Gasteiger charge is 1.94. The zero-order valence-corrected chi connectivity index (χ0v) is 8.54. The molecule has 0 aliphatic carbocycles. The molecule has 0 aliphatic heterocycles. The normalized spacial score (nSPS) is 10.6. The van der Waals surface area contributed by atoms with Crippen molar-refractivity contribution in [1.29, 1.82) is 0 Å². The third-order valence-electron chi connectivity index (χ3n) is 2.14. The number of hydrogen-bond donors (Lipinski definition) is 2. The third kappa shape index (κ3) is 5.04. The summed E-state index contributed by atoms with van der Waals surface area (Å²) in [7, 11) is 0. The first kappa shape index (κ1) is 11.3. The van der Waals surface area contributed by atoms with Gasteiger partial charge in [-0.05, 0) is 37.9 Å². The first-order valence-electron chi connectivity index (χ1n) is 5.27. The van der Waals surface area contributed by atoms with Gasteiger partial charge in [0.05, 0.1) is 6.26 Å². The molecular weight excluding hydrogens is 178 g/mol. The quantitative estimate of drug-likeness (QED) is 0.622. The molecule has 1 rings (SSSR count). The van der Waals surface area contributed by atoms with Crippen molar-refractivity contribution in [3.05, 3.63) is 24.2 Å². The maximum atomic E-state index is 8.56. The maximum absolute atomic E-state index is 8.56. The van der Waals surface area contributed by atoms with Crippen LogP contribution in [0.3, 0.4) is 0 Å². The van der Waals surface area contributed by atoms with Crippen LogP contribution in [0.2, 0.25) is 0 Å². The Bertz CT molecular complexity index is 209. The van der Waals surface area contributed by atoms with E-state index in [4.69, 9.17) is 9.52 Å². The molecule has 0 atom stereocenters. The predicted molar refractivity (Wildman–Crippen MR) is 56.2 cm³/mol. The van der Waals surface area contributed by atoms with Gasteiger partial charge < -0.3 is 14.8 Å². The smallest absolute Gasteiger partial charge is 0.105 e. The van der Waals surface area contributed by atoms with Crippen LogP contribution in [0, 0.1) is 0 Å². The molecule has 0 saturated heterocycles. The zero-order chi connectivity index (χ0) is 10.1. The second kappa shape index (κ2) is 7.59. The van der Waals surface area contributed by atoms with E-state index < -0.39 is 0 Å². The highest BCUT2D eigenvalue weighted by molar-refractivity contribution is 4.98. The summed E-state index contributed by atoms with van der Waals surface area (Å²) in [4.78, 5) is 0. The number of aliphatic hydroxyl groups excluding tert-OH is 1. The van der Waals surface area contributed by atoms with E-state index in [1.54, 1.807) is 6.26 Å². The largest absolute Gasteiger partial charge is 0.469 e. The van der Waals surface area contributed by atoms with E-state index in [1.165, 1.54) is 0 Å². The molecule has 3 nitrogen and oxygen atoms in total. The lowest BCUT2D eigenvalue weighted by molar-refractivity contribution is 0.283. The van der Waals surface area contributed by atoms with E-state index in [2.05, 4.69) is 5.32 Å². The first-order valence-corrected chi connectivity index (χ1v) is 5.27. The zero-order valence-electron chi connectivity index (χ0n) is 8.54. The first-order chi connectivity index (χ1) is 6.93. The van der Waals surface area contributed by atoms with Crippen LogP contribution in [0.4, 0.5) is 0 Å². The summed E-state index contributed by atoms with van der Waals surface area (Å²) >= 11 is 0. The van der Waals surface area contributed by atoms with E-state index in [1.807, 2.05) is 12.1 Å². The van der Waals surface area contributed by atoms with E-state index >= 15 is 0 Å². The summed E-state index contributed by atoms with van der Waals surface area (Å²) in [5.41, 5.74) is 0. The monoisotopic (exact) mass is 197 g/mol. The van der Waals surface area contributed by atoms with Crippen LogP contribution in [-0.4, -0.2) is 24.8 Å². The van der Waals surface area contributed by atoms with Crippen LogP contribution in [0.1, 0.15) is 25.0 Å². The average molecular weight is 197 g/mol. The summed E-state index contributed by atoms with van der Waals surface area (Å²) in [5, 5.41) is 11.9. The van der Waals surface area contributed by atoms with Crippen LogP contribution in [0.25, 0.3) is 0 Å². The fourth-order valence-electron chi connectivity index (χ4n) is 1.33. The lowest BCUT2D eigenvalue weighted by Gasteiger charge is -2.02. The minimum atomic E-state index is 0.312. The highest BCUT2D eigenvalue weighted by Crippen LogP contribution is 1.99. The Hall–Kier alpha value is -0.800. The molecule has 0 unspecified atom stereocenters. The number of furan rings is 1. The number of nitrogens with one attached hydrogen (secondary N) is 1. The van der Waals surface area contributed by atoms with E-state index in [9.17, 15) is 0 Å². The number of aliphatic hydroxyl groups is 1. The van der Waals surface area contributed by atoms with Gasteiger partial charge >= 0.3 is 0 Å². The Morgan fingerprint density at radius 3 is 2.86 bits per heavy atom. The molecule has 14 heavy (non-hydrogen) atoms. The minimum absolute atomic E-state index is 0.312. The van der Waals surface area contributed by atoms with Gasteiger partial charge in [-0.2, -0.15) is 0 Å². The molecule has 0 spiro atoms. The molecule has 80 valence electrons. The van der Waals surface area contributed by atoms with Crippen LogP contribution in [0.15, 0.2) is 22.8 Å². The standard InChI is InChI=1S/C11H19NO2/c13-9-3-1-2-7-12-8-6-11-5-4-10-14-11/h4-5,10,12-13H,1-3,6-9H2. The molecule has 1 aromatic rings. The molecular formula is C11H19NO2. The topological polar surface area (TPSA) is 45.4 Å². The van der Waals surface area contributed by atoms with Gasteiger partial charge in [-0.1, -0.05) is 0 Å². The Morgan fingerprint density at radius 1 is 1.21 bits per heavy atom. The highest BCUT2D eigenvalue weighted by atomic mass is 16.3. The van der Waals surface area contributed by atoms with E-state index in [0.717, 1.165) is 44.5 Å². The fraction of sp³-hybridized carbons (Fsp3) is 0.636. The Morgan fingerprint density at radius 2 is 2.14 bits per heavy atom. The molecule has 0 fully saturated rings. The molecule has 0 saturated carbocycles. The van der Waals surface area contributed by atoms with Gasteiger partial charge in [0.25, 0.3) is 0 Å². The van der Waals surface area contributed by atoms with Crippen LogP contribution < -0.4 is 5.32 Å². The third-order valence-corrected chi connectivity index (χ3v) is 2.14. The summed E-state index contributed by atoms with van der Waals surface area (Å²) in [6.45, 7) is 2.31. The van der Waals surface area contributed by atoms with Crippen molar-refractivity contribution in [3.8, 4) is 0 Å². The number of unbranched alkanes of at least 4 members (excludes halogenated alkanes) is 2. The van der Waals surface area contributed by atoms with Crippen LogP contribution in [0.5, 0.6) is 0 Å².